The van der Waals surface area contributed by atoms with Crippen molar-refractivity contribution in [3.05, 3.63) is 52.5 Å². The summed E-state index contributed by atoms with van der Waals surface area (Å²) in [6, 6.07) is 12.8. The van der Waals surface area contributed by atoms with E-state index in [1.165, 1.54) is 0 Å². The fourth-order valence-corrected chi connectivity index (χ4v) is 4.17. The van der Waals surface area contributed by atoms with Crippen LogP contribution >= 0.6 is 35.0 Å². The van der Waals surface area contributed by atoms with E-state index in [9.17, 15) is 9.59 Å². The van der Waals surface area contributed by atoms with Gasteiger partial charge < -0.3 is 10.6 Å². The van der Waals surface area contributed by atoms with Crippen LogP contribution in [0, 0.1) is 5.92 Å². The highest BCUT2D eigenvalue weighted by Gasteiger charge is 2.26. The van der Waals surface area contributed by atoms with Crippen molar-refractivity contribution in [2.75, 3.05) is 36.5 Å². The van der Waals surface area contributed by atoms with Gasteiger partial charge in [-0.15, -0.1) is 11.8 Å². The van der Waals surface area contributed by atoms with Crippen LogP contribution in [0.2, 0.25) is 10.0 Å². The Hall–Kier alpha value is -1.73. The fourth-order valence-electron chi connectivity index (χ4n) is 3.31. The molecule has 1 aliphatic heterocycles. The van der Waals surface area contributed by atoms with E-state index in [-0.39, 0.29) is 24.3 Å². The van der Waals surface area contributed by atoms with Crippen molar-refractivity contribution in [3.63, 3.8) is 0 Å². The molecule has 5 nitrogen and oxygen atoms in total. The lowest BCUT2D eigenvalue weighted by molar-refractivity contribution is -0.121. The summed E-state index contributed by atoms with van der Waals surface area (Å²) in [6.07, 6.45) is 3.45. The summed E-state index contributed by atoms with van der Waals surface area (Å²) in [4.78, 5) is 28.0. The van der Waals surface area contributed by atoms with E-state index in [2.05, 4.69) is 15.5 Å². The second kappa shape index (κ2) is 10.3. The molecule has 0 atom stereocenters. The summed E-state index contributed by atoms with van der Waals surface area (Å²) >= 11 is 13.5. The Balaban J connectivity index is 1.46. The molecule has 154 valence electrons. The van der Waals surface area contributed by atoms with Crippen LogP contribution < -0.4 is 10.6 Å². The second-order valence-corrected chi connectivity index (χ2v) is 8.58. The maximum atomic E-state index is 12.6. The molecule has 0 radical (unpaired) electrons. The Morgan fingerprint density at radius 3 is 2.48 bits per heavy atom. The zero-order valence-corrected chi connectivity index (χ0v) is 18.4. The summed E-state index contributed by atoms with van der Waals surface area (Å²) in [5.41, 5.74) is 1.47. The Morgan fingerprint density at radius 1 is 1.07 bits per heavy atom. The molecule has 1 saturated heterocycles. The van der Waals surface area contributed by atoms with E-state index < -0.39 is 0 Å². The van der Waals surface area contributed by atoms with E-state index in [1.54, 1.807) is 30.0 Å². The number of carbonyl (C=O) groups excluding carboxylic acids is 2. The first kappa shape index (κ1) is 22.0. The lowest BCUT2D eigenvalue weighted by atomic mass is 9.96. The van der Waals surface area contributed by atoms with Crippen molar-refractivity contribution in [2.45, 2.75) is 17.7 Å². The van der Waals surface area contributed by atoms with Gasteiger partial charge in [0.1, 0.15) is 0 Å². The van der Waals surface area contributed by atoms with Gasteiger partial charge in [0, 0.05) is 16.5 Å². The van der Waals surface area contributed by atoms with Crippen molar-refractivity contribution in [2.24, 2.45) is 5.92 Å². The number of benzene rings is 2. The molecule has 8 heteroatoms. The number of nitrogens with one attached hydrogen (secondary N) is 2. The number of likely N-dealkylation sites (tertiary alicyclic amines) is 1. The molecule has 0 unspecified atom stereocenters. The predicted octanol–water partition coefficient (Wildman–Crippen LogP) is 5.00. The van der Waals surface area contributed by atoms with Crippen molar-refractivity contribution in [3.8, 4) is 0 Å². The Bertz CT molecular complexity index is 886. The Kier molecular flexibility index (Phi) is 7.84. The standard InChI is InChI=1S/C21H23Cl2N3O2S/c1-29-19-5-3-2-4-18(19)25-21(28)14-8-10-26(11-9-14)13-20(27)24-15-6-7-16(22)17(23)12-15/h2-7,12,14H,8-11,13H2,1H3,(H,24,27)(H,25,28). The molecule has 0 bridgehead atoms. The average molecular weight is 452 g/mol. The van der Waals surface area contributed by atoms with Crippen LogP contribution in [0.1, 0.15) is 12.8 Å². The molecule has 2 aromatic rings. The number of hydrogen-bond acceptors (Lipinski definition) is 4. The Labute approximate surface area is 185 Å². The minimum atomic E-state index is -0.111. The van der Waals surface area contributed by atoms with Crippen molar-refractivity contribution < 1.29 is 9.59 Å². The van der Waals surface area contributed by atoms with Crippen molar-refractivity contribution in [1.29, 1.82) is 0 Å². The summed E-state index contributed by atoms with van der Waals surface area (Å²) < 4.78 is 0. The van der Waals surface area contributed by atoms with Crippen LogP contribution in [0.15, 0.2) is 47.4 Å². The summed E-state index contributed by atoms with van der Waals surface area (Å²) in [6.45, 7) is 1.69. The highest BCUT2D eigenvalue weighted by atomic mass is 35.5. The zero-order chi connectivity index (χ0) is 20.8. The van der Waals surface area contributed by atoms with E-state index >= 15 is 0 Å². The maximum Gasteiger partial charge on any atom is 0.238 e. The molecule has 0 aromatic heterocycles. The molecule has 1 heterocycles. The average Bonchev–Trinajstić information content (AvgIpc) is 2.71. The molecular weight excluding hydrogens is 429 g/mol. The van der Waals surface area contributed by atoms with Crippen molar-refractivity contribution in [1.82, 2.24) is 4.90 Å². The fraction of sp³-hybridized carbons (Fsp3) is 0.333. The molecule has 3 rings (SSSR count). The predicted molar refractivity (Wildman–Crippen MR) is 121 cm³/mol. The van der Waals surface area contributed by atoms with E-state index in [1.807, 2.05) is 30.5 Å². The smallest absolute Gasteiger partial charge is 0.238 e. The van der Waals surface area contributed by atoms with Crippen LogP contribution in [0.5, 0.6) is 0 Å². The molecular formula is C21H23Cl2N3O2S. The van der Waals surface area contributed by atoms with Crippen molar-refractivity contribution >= 4 is 58.2 Å². The second-order valence-electron chi connectivity index (χ2n) is 6.92. The van der Waals surface area contributed by atoms with Gasteiger partial charge in [0.05, 0.1) is 22.3 Å². The van der Waals surface area contributed by atoms with E-state index in [0.29, 0.717) is 28.8 Å². The third-order valence-corrected chi connectivity index (χ3v) is 6.43. The number of rotatable bonds is 6. The monoisotopic (exact) mass is 451 g/mol. The van der Waals surface area contributed by atoms with Gasteiger partial charge in [-0.05, 0) is 62.5 Å². The number of amides is 2. The summed E-state index contributed by atoms with van der Waals surface area (Å²) in [5.74, 6) is -0.106. The molecule has 1 aliphatic rings. The van der Waals surface area contributed by atoms with Gasteiger partial charge in [-0.1, -0.05) is 35.3 Å². The topological polar surface area (TPSA) is 61.4 Å². The number of nitrogens with zero attached hydrogens (tertiary/aromatic N) is 1. The number of para-hydroxylation sites is 1. The van der Waals surface area contributed by atoms with Crippen LogP contribution in [-0.2, 0) is 9.59 Å². The first-order valence-corrected chi connectivity index (χ1v) is 11.4. The van der Waals surface area contributed by atoms with Gasteiger partial charge in [-0.2, -0.15) is 0 Å². The van der Waals surface area contributed by atoms with Gasteiger partial charge in [-0.25, -0.2) is 0 Å². The normalized spacial score (nSPS) is 15.1. The number of anilines is 2. The van der Waals surface area contributed by atoms with Gasteiger partial charge in [0.15, 0.2) is 0 Å². The maximum absolute atomic E-state index is 12.6. The van der Waals surface area contributed by atoms with Gasteiger partial charge in [0.2, 0.25) is 11.8 Å². The van der Waals surface area contributed by atoms with Gasteiger partial charge >= 0.3 is 0 Å². The molecule has 29 heavy (non-hydrogen) atoms. The largest absolute Gasteiger partial charge is 0.325 e. The first-order valence-electron chi connectivity index (χ1n) is 9.37. The number of halogens is 2. The zero-order valence-electron chi connectivity index (χ0n) is 16.1. The minimum Gasteiger partial charge on any atom is -0.325 e. The number of piperidine rings is 1. The molecule has 1 fully saturated rings. The summed E-state index contributed by atoms with van der Waals surface area (Å²) in [5, 5.41) is 6.73. The number of hydrogen-bond donors (Lipinski definition) is 2. The third-order valence-electron chi connectivity index (χ3n) is 4.89. The number of carbonyl (C=O) groups is 2. The van der Waals surface area contributed by atoms with Crippen LogP contribution in [0.4, 0.5) is 11.4 Å². The lowest BCUT2D eigenvalue weighted by Crippen LogP contribution is -2.41. The molecule has 2 N–H and O–H groups in total. The lowest BCUT2D eigenvalue weighted by Gasteiger charge is -2.30. The Morgan fingerprint density at radius 2 is 1.79 bits per heavy atom. The quantitative estimate of drug-likeness (QED) is 0.606. The summed E-state index contributed by atoms with van der Waals surface area (Å²) in [7, 11) is 0. The highest BCUT2D eigenvalue weighted by Crippen LogP contribution is 2.27. The van der Waals surface area contributed by atoms with Gasteiger partial charge in [0.25, 0.3) is 0 Å². The SMILES string of the molecule is CSc1ccccc1NC(=O)C1CCN(CC(=O)Nc2ccc(Cl)c(Cl)c2)CC1. The highest BCUT2D eigenvalue weighted by molar-refractivity contribution is 7.98. The third kappa shape index (κ3) is 6.12. The first-order chi connectivity index (χ1) is 14.0. The minimum absolute atomic E-state index is 0.0423. The molecule has 2 amide bonds. The molecule has 2 aromatic carbocycles. The molecule has 0 aliphatic carbocycles. The van der Waals surface area contributed by atoms with Crippen LogP contribution in [-0.4, -0.2) is 42.6 Å². The van der Waals surface area contributed by atoms with Crippen LogP contribution in [0.25, 0.3) is 0 Å². The van der Waals surface area contributed by atoms with Gasteiger partial charge in [-0.3, -0.25) is 14.5 Å². The molecule has 0 saturated carbocycles. The van der Waals surface area contributed by atoms with Crippen LogP contribution in [0.3, 0.4) is 0 Å². The molecule has 0 spiro atoms. The van der Waals surface area contributed by atoms with E-state index in [0.717, 1.165) is 23.4 Å². The number of thioether (sulfide) groups is 1. The van der Waals surface area contributed by atoms with E-state index in [4.69, 9.17) is 23.2 Å².